The van der Waals surface area contributed by atoms with Crippen LogP contribution in [0.1, 0.15) is 24.0 Å². The Hall–Kier alpha value is -3.02. The predicted octanol–water partition coefficient (Wildman–Crippen LogP) is 2.77. The van der Waals surface area contributed by atoms with Crippen molar-refractivity contribution in [3.63, 3.8) is 0 Å². The number of ether oxygens (including phenoxy) is 1. The summed E-state index contributed by atoms with van der Waals surface area (Å²) in [6, 6.07) is 16.2. The Morgan fingerprint density at radius 3 is 2.62 bits per heavy atom. The highest BCUT2D eigenvalue weighted by Gasteiger charge is 2.23. The number of para-hydroxylation sites is 1. The van der Waals surface area contributed by atoms with Crippen molar-refractivity contribution in [2.75, 3.05) is 38.7 Å². The highest BCUT2D eigenvalue weighted by molar-refractivity contribution is 5.95. The Kier molecular flexibility index (Phi) is 7.50. The smallest absolute Gasteiger partial charge is 0.227 e. The normalized spacial score (nSPS) is 13.2. The Labute approximate surface area is 173 Å². The highest BCUT2D eigenvalue weighted by Crippen LogP contribution is 2.27. The van der Waals surface area contributed by atoms with Crippen molar-refractivity contribution in [2.45, 2.75) is 25.7 Å². The molecule has 154 valence electrons. The van der Waals surface area contributed by atoms with Crippen LogP contribution >= 0.6 is 0 Å². The zero-order valence-electron chi connectivity index (χ0n) is 17.3. The first-order chi connectivity index (χ1) is 14.2. The van der Waals surface area contributed by atoms with Gasteiger partial charge in [-0.2, -0.15) is 0 Å². The Morgan fingerprint density at radius 2 is 1.86 bits per heavy atom. The van der Waals surface area contributed by atoms with Gasteiger partial charge in [0.05, 0.1) is 7.11 Å². The topological polar surface area (TPSA) is 66.0 Å². The molecule has 1 amide bonds. The van der Waals surface area contributed by atoms with Crippen LogP contribution in [0.3, 0.4) is 0 Å². The summed E-state index contributed by atoms with van der Waals surface area (Å²) >= 11 is 0. The second kappa shape index (κ2) is 10.5. The van der Waals surface area contributed by atoms with Gasteiger partial charge in [-0.05, 0) is 48.6 Å². The van der Waals surface area contributed by atoms with Gasteiger partial charge in [0.25, 0.3) is 0 Å². The number of methoxy groups -OCH3 is 1. The number of aliphatic imine (C=N–C) groups is 1. The Balaban J connectivity index is 1.34. The fourth-order valence-electron chi connectivity index (χ4n) is 3.52. The third kappa shape index (κ3) is 5.73. The van der Waals surface area contributed by atoms with Gasteiger partial charge in [-0.25, -0.2) is 0 Å². The average Bonchev–Trinajstić information content (AvgIpc) is 3.20. The van der Waals surface area contributed by atoms with Gasteiger partial charge in [-0.1, -0.05) is 30.3 Å². The van der Waals surface area contributed by atoms with Gasteiger partial charge < -0.3 is 20.3 Å². The summed E-state index contributed by atoms with van der Waals surface area (Å²) in [6.45, 7) is 2.29. The minimum absolute atomic E-state index is 0.194. The van der Waals surface area contributed by atoms with Crippen molar-refractivity contribution in [3.05, 3.63) is 59.7 Å². The van der Waals surface area contributed by atoms with Gasteiger partial charge in [-0.15, -0.1) is 0 Å². The predicted molar refractivity (Wildman–Crippen MR) is 118 cm³/mol. The number of carbonyl (C=O) groups is 1. The van der Waals surface area contributed by atoms with E-state index in [9.17, 15) is 4.79 Å². The molecule has 0 atom stereocenters. The molecule has 0 spiro atoms. The van der Waals surface area contributed by atoms with Gasteiger partial charge in [0.15, 0.2) is 5.96 Å². The maximum absolute atomic E-state index is 12.5. The zero-order valence-corrected chi connectivity index (χ0v) is 17.3. The van der Waals surface area contributed by atoms with Crippen LogP contribution in [0.4, 0.5) is 5.69 Å². The first kappa shape index (κ1) is 20.7. The summed E-state index contributed by atoms with van der Waals surface area (Å²) in [4.78, 5) is 18.7. The summed E-state index contributed by atoms with van der Waals surface area (Å²) in [6.07, 6.45) is 3.16. The summed E-state index contributed by atoms with van der Waals surface area (Å²) in [5.41, 5.74) is 3.58. The number of hydrogen-bond acceptors (Lipinski definition) is 3. The molecule has 3 rings (SSSR count). The summed E-state index contributed by atoms with van der Waals surface area (Å²) < 4.78 is 5.18. The molecular weight excluding hydrogens is 364 g/mol. The van der Waals surface area contributed by atoms with Crippen LogP contribution in [0.2, 0.25) is 0 Å². The van der Waals surface area contributed by atoms with Crippen molar-refractivity contribution in [1.82, 2.24) is 10.6 Å². The molecule has 1 aliphatic rings. The summed E-state index contributed by atoms with van der Waals surface area (Å²) in [7, 11) is 3.43. The van der Waals surface area contributed by atoms with Crippen LogP contribution in [0.25, 0.3) is 0 Å². The van der Waals surface area contributed by atoms with Crippen molar-refractivity contribution >= 4 is 17.6 Å². The first-order valence-corrected chi connectivity index (χ1v) is 10.2. The van der Waals surface area contributed by atoms with E-state index in [0.29, 0.717) is 13.0 Å². The van der Waals surface area contributed by atoms with Gasteiger partial charge in [0.2, 0.25) is 5.91 Å². The quantitative estimate of drug-likeness (QED) is 0.411. The van der Waals surface area contributed by atoms with Crippen molar-refractivity contribution < 1.29 is 9.53 Å². The van der Waals surface area contributed by atoms with Crippen LogP contribution in [0.5, 0.6) is 5.75 Å². The lowest BCUT2D eigenvalue weighted by Crippen LogP contribution is -2.39. The van der Waals surface area contributed by atoms with Crippen LogP contribution in [-0.2, 0) is 17.6 Å². The second-order valence-electron chi connectivity index (χ2n) is 7.05. The van der Waals surface area contributed by atoms with Gasteiger partial charge in [0, 0.05) is 38.8 Å². The van der Waals surface area contributed by atoms with E-state index in [-0.39, 0.29) is 5.91 Å². The number of fused-ring (bicyclic) bond motifs is 1. The molecule has 1 aliphatic heterocycles. The number of benzene rings is 2. The summed E-state index contributed by atoms with van der Waals surface area (Å²) in [5.74, 6) is 1.82. The number of nitrogens with zero attached hydrogens (tertiary/aromatic N) is 2. The van der Waals surface area contributed by atoms with E-state index >= 15 is 0 Å². The van der Waals surface area contributed by atoms with E-state index in [2.05, 4.69) is 33.8 Å². The van der Waals surface area contributed by atoms with Crippen LogP contribution in [0, 0.1) is 0 Å². The molecule has 6 heteroatoms. The first-order valence-electron chi connectivity index (χ1n) is 10.2. The summed E-state index contributed by atoms with van der Waals surface area (Å²) in [5, 5.41) is 6.60. The van der Waals surface area contributed by atoms with E-state index in [4.69, 9.17) is 4.74 Å². The van der Waals surface area contributed by atoms with Crippen LogP contribution < -0.4 is 20.3 Å². The monoisotopic (exact) mass is 394 g/mol. The molecule has 2 aromatic rings. The second-order valence-corrected chi connectivity index (χ2v) is 7.05. The lowest BCUT2D eigenvalue weighted by atomic mass is 10.1. The third-order valence-corrected chi connectivity index (χ3v) is 5.14. The highest BCUT2D eigenvalue weighted by atomic mass is 16.5. The van der Waals surface area contributed by atoms with Crippen LogP contribution in [0.15, 0.2) is 53.5 Å². The maximum atomic E-state index is 12.5. The molecule has 6 nitrogen and oxygen atoms in total. The SMILES string of the molecule is CN=C(NCCCC(=O)N1CCc2ccccc21)NCCc1ccc(OC)cc1. The minimum atomic E-state index is 0.194. The van der Waals surface area contributed by atoms with Gasteiger partial charge in [0.1, 0.15) is 5.75 Å². The molecule has 0 bridgehead atoms. The molecule has 0 aromatic heterocycles. The number of nitrogens with one attached hydrogen (secondary N) is 2. The molecule has 2 aromatic carbocycles. The standard InChI is InChI=1S/C23H30N4O2/c1-24-23(26-16-13-18-9-11-20(29-2)12-10-18)25-15-5-8-22(28)27-17-14-19-6-3-4-7-21(19)27/h3-4,6-7,9-12H,5,8,13-17H2,1-2H3,(H2,24,25,26). The molecule has 0 aliphatic carbocycles. The third-order valence-electron chi connectivity index (χ3n) is 5.14. The Morgan fingerprint density at radius 1 is 1.10 bits per heavy atom. The molecule has 0 saturated heterocycles. The maximum Gasteiger partial charge on any atom is 0.227 e. The Bertz CT molecular complexity index is 833. The average molecular weight is 395 g/mol. The van der Waals surface area contributed by atoms with E-state index in [1.54, 1.807) is 14.2 Å². The van der Waals surface area contributed by atoms with E-state index in [1.165, 1.54) is 11.1 Å². The molecule has 0 saturated carbocycles. The van der Waals surface area contributed by atoms with Crippen molar-refractivity contribution in [2.24, 2.45) is 4.99 Å². The van der Waals surface area contributed by atoms with E-state index in [1.807, 2.05) is 35.2 Å². The number of carbonyl (C=O) groups excluding carboxylic acids is 1. The van der Waals surface area contributed by atoms with Crippen LogP contribution in [-0.4, -0.2) is 45.7 Å². The minimum Gasteiger partial charge on any atom is -0.497 e. The number of rotatable bonds is 8. The number of hydrogen-bond donors (Lipinski definition) is 2. The largest absolute Gasteiger partial charge is 0.497 e. The molecule has 29 heavy (non-hydrogen) atoms. The lowest BCUT2D eigenvalue weighted by molar-refractivity contribution is -0.118. The number of guanidine groups is 1. The fourth-order valence-corrected chi connectivity index (χ4v) is 3.52. The molecule has 0 fully saturated rings. The van der Waals surface area contributed by atoms with E-state index in [0.717, 1.165) is 49.7 Å². The lowest BCUT2D eigenvalue weighted by Gasteiger charge is -2.17. The molecule has 0 unspecified atom stereocenters. The number of anilines is 1. The van der Waals surface area contributed by atoms with Gasteiger partial charge >= 0.3 is 0 Å². The molecule has 1 heterocycles. The molecular formula is C23H30N4O2. The van der Waals surface area contributed by atoms with E-state index < -0.39 is 0 Å². The van der Waals surface area contributed by atoms with Gasteiger partial charge in [-0.3, -0.25) is 9.79 Å². The molecule has 2 N–H and O–H groups in total. The zero-order chi connectivity index (χ0) is 20.5. The van der Waals surface area contributed by atoms with Crippen molar-refractivity contribution in [3.8, 4) is 5.75 Å². The number of amides is 1. The van der Waals surface area contributed by atoms with Crippen molar-refractivity contribution in [1.29, 1.82) is 0 Å². The molecule has 0 radical (unpaired) electrons. The fraction of sp³-hybridized carbons (Fsp3) is 0.391.